The Morgan fingerprint density at radius 2 is 1.60 bits per heavy atom. The lowest BCUT2D eigenvalue weighted by atomic mass is 9.98. The molecule has 0 N–H and O–H groups in total. The maximum Gasteiger partial charge on any atom is 0.315 e. The Balaban J connectivity index is 1.91. The molecule has 1 aliphatic rings. The van der Waals surface area contributed by atoms with Gasteiger partial charge in [-0.2, -0.15) is 0 Å². The number of ether oxygens (including phenoxy) is 1. The smallest absolute Gasteiger partial charge is 0.315 e. The van der Waals surface area contributed by atoms with Crippen LogP contribution >= 0.6 is 7.36 Å². The van der Waals surface area contributed by atoms with Gasteiger partial charge in [0.05, 0.1) is 6.16 Å². The first-order chi connectivity index (χ1) is 9.81. The molecule has 100 valence electrons. The van der Waals surface area contributed by atoms with E-state index in [0.717, 1.165) is 0 Å². The van der Waals surface area contributed by atoms with E-state index in [4.69, 9.17) is 16.5 Å². The summed E-state index contributed by atoms with van der Waals surface area (Å²) in [5.74, 6) is -0.0864. The van der Waals surface area contributed by atoms with Gasteiger partial charge in [0.15, 0.2) is 0 Å². The minimum Gasteiger partial charge on any atom is -0.464 e. The zero-order valence-electron chi connectivity index (χ0n) is 10.8. The Bertz CT molecular complexity index is 624. The molecule has 0 aromatic heterocycles. The van der Waals surface area contributed by atoms with Gasteiger partial charge in [-0.05, 0) is 29.6 Å². The molecule has 0 spiro atoms. The van der Waals surface area contributed by atoms with Gasteiger partial charge >= 0.3 is 5.97 Å². The third kappa shape index (κ3) is 2.39. The van der Waals surface area contributed by atoms with Gasteiger partial charge in [0.1, 0.15) is 6.61 Å². The van der Waals surface area contributed by atoms with E-state index in [1.807, 2.05) is 24.3 Å². The molecule has 2 nitrogen and oxygen atoms in total. The molecule has 3 rings (SSSR count). The van der Waals surface area contributed by atoms with Crippen molar-refractivity contribution in [3.05, 3.63) is 59.7 Å². The molecule has 20 heavy (non-hydrogen) atoms. The number of benzene rings is 2. The zero-order chi connectivity index (χ0) is 13.9. The molecule has 0 atom stereocenters. The number of hydrogen-bond acceptors (Lipinski definition) is 3. The summed E-state index contributed by atoms with van der Waals surface area (Å²) in [5.41, 5.74) is 4.95. The molecule has 0 unspecified atom stereocenters. The van der Waals surface area contributed by atoms with Crippen molar-refractivity contribution in [3.8, 4) is 11.1 Å². The second-order valence-corrected chi connectivity index (χ2v) is 6.05. The average molecular weight is 300 g/mol. The Hall–Kier alpha value is -1.57. The van der Waals surface area contributed by atoms with Crippen LogP contribution in [0.2, 0.25) is 0 Å². The molecule has 0 fully saturated rings. The second kappa shape index (κ2) is 5.82. The van der Waals surface area contributed by atoms with E-state index in [9.17, 15) is 4.79 Å². The molecule has 0 aliphatic heterocycles. The van der Waals surface area contributed by atoms with E-state index in [1.54, 1.807) is 0 Å². The van der Waals surface area contributed by atoms with Crippen molar-refractivity contribution in [2.45, 2.75) is 5.92 Å². The first kappa shape index (κ1) is 13.4. The standard InChI is InChI=1S/C16H13O2PS/c17-16(10-19-20)18-9-15-13-7-3-1-5-11(13)12-6-2-4-8-14(12)15/h1-8,15H,9-10H2. The van der Waals surface area contributed by atoms with Gasteiger partial charge in [-0.1, -0.05) is 60.3 Å². The molecule has 1 aliphatic carbocycles. The summed E-state index contributed by atoms with van der Waals surface area (Å²) in [6.45, 7) is 0.387. The molecule has 2 aromatic carbocycles. The van der Waals surface area contributed by atoms with Crippen LogP contribution in [-0.4, -0.2) is 18.7 Å². The lowest BCUT2D eigenvalue weighted by Crippen LogP contribution is -2.13. The Morgan fingerprint density at radius 1 is 1.05 bits per heavy atom. The monoisotopic (exact) mass is 300 g/mol. The lowest BCUT2D eigenvalue weighted by molar-refractivity contribution is -0.140. The quantitative estimate of drug-likeness (QED) is 0.635. The molecule has 0 saturated heterocycles. The van der Waals surface area contributed by atoms with Gasteiger partial charge < -0.3 is 4.74 Å². The molecule has 0 amide bonds. The summed E-state index contributed by atoms with van der Waals surface area (Å²) in [4.78, 5) is 11.5. The highest BCUT2D eigenvalue weighted by Crippen LogP contribution is 2.44. The van der Waals surface area contributed by atoms with Crippen molar-refractivity contribution in [2.24, 2.45) is 0 Å². The van der Waals surface area contributed by atoms with E-state index in [0.29, 0.717) is 14.0 Å². The van der Waals surface area contributed by atoms with Gasteiger partial charge in [-0.3, -0.25) is 4.79 Å². The van der Waals surface area contributed by atoms with Crippen LogP contribution in [-0.2, 0) is 21.3 Å². The van der Waals surface area contributed by atoms with Crippen molar-refractivity contribution in [1.82, 2.24) is 0 Å². The molecular formula is C16H13O2PS. The van der Waals surface area contributed by atoms with Gasteiger partial charge in [0, 0.05) is 5.92 Å². The fourth-order valence-corrected chi connectivity index (χ4v) is 3.23. The van der Waals surface area contributed by atoms with Crippen molar-refractivity contribution >= 4 is 25.1 Å². The van der Waals surface area contributed by atoms with Crippen LogP contribution in [0, 0.1) is 0 Å². The average Bonchev–Trinajstić information content (AvgIpc) is 2.80. The first-order valence-electron chi connectivity index (χ1n) is 6.44. The third-order valence-electron chi connectivity index (χ3n) is 3.57. The maximum absolute atomic E-state index is 11.5. The fourth-order valence-electron chi connectivity index (χ4n) is 2.71. The summed E-state index contributed by atoms with van der Waals surface area (Å²) in [6, 6.07) is 16.6. The van der Waals surface area contributed by atoms with Crippen molar-refractivity contribution in [3.63, 3.8) is 0 Å². The van der Waals surface area contributed by atoms with Gasteiger partial charge in [0.2, 0.25) is 0 Å². The van der Waals surface area contributed by atoms with Crippen LogP contribution in [0.25, 0.3) is 11.1 Å². The van der Waals surface area contributed by atoms with Crippen LogP contribution in [0.5, 0.6) is 0 Å². The van der Waals surface area contributed by atoms with Crippen LogP contribution < -0.4 is 0 Å². The molecule has 0 bridgehead atoms. The van der Waals surface area contributed by atoms with Gasteiger partial charge in [-0.25, -0.2) is 0 Å². The highest BCUT2D eigenvalue weighted by atomic mass is 32.4. The minimum atomic E-state index is -0.219. The van der Waals surface area contributed by atoms with E-state index >= 15 is 0 Å². The molecule has 2 aromatic rings. The summed E-state index contributed by atoms with van der Waals surface area (Å²) in [5, 5.41) is 0. The number of carbonyl (C=O) groups excluding carboxylic acids is 1. The van der Waals surface area contributed by atoms with Crippen LogP contribution in [0.4, 0.5) is 0 Å². The molecule has 0 saturated carbocycles. The van der Waals surface area contributed by atoms with E-state index in [-0.39, 0.29) is 18.0 Å². The van der Waals surface area contributed by atoms with E-state index in [1.165, 1.54) is 22.3 Å². The van der Waals surface area contributed by atoms with Gasteiger partial charge in [-0.15, -0.1) is 0 Å². The summed E-state index contributed by atoms with van der Waals surface area (Å²) in [7, 11) is 0.633. The SMILES string of the molecule is O=C(CP=S)OCC1c2ccccc2-c2ccccc21. The van der Waals surface area contributed by atoms with Crippen LogP contribution in [0.3, 0.4) is 0 Å². The van der Waals surface area contributed by atoms with Crippen LogP contribution in [0.15, 0.2) is 48.5 Å². The fraction of sp³-hybridized carbons (Fsp3) is 0.188. The zero-order valence-corrected chi connectivity index (χ0v) is 12.5. The number of fused-ring (bicyclic) bond motifs is 3. The minimum absolute atomic E-state index is 0.133. The molecule has 0 heterocycles. The van der Waals surface area contributed by atoms with Crippen molar-refractivity contribution in [1.29, 1.82) is 0 Å². The number of esters is 1. The summed E-state index contributed by atoms with van der Waals surface area (Å²) >= 11 is 4.77. The summed E-state index contributed by atoms with van der Waals surface area (Å²) < 4.78 is 5.37. The van der Waals surface area contributed by atoms with Crippen molar-refractivity contribution < 1.29 is 9.53 Å². The highest BCUT2D eigenvalue weighted by Gasteiger charge is 2.28. The molecule has 4 heteroatoms. The highest BCUT2D eigenvalue weighted by molar-refractivity contribution is 7.96. The number of hydrogen-bond donors (Lipinski definition) is 0. The van der Waals surface area contributed by atoms with E-state index < -0.39 is 0 Å². The largest absolute Gasteiger partial charge is 0.464 e. The number of rotatable bonds is 4. The normalized spacial score (nSPS) is 13.0. The third-order valence-corrected chi connectivity index (χ3v) is 4.34. The topological polar surface area (TPSA) is 26.3 Å². The van der Waals surface area contributed by atoms with Crippen LogP contribution in [0.1, 0.15) is 17.0 Å². The lowest BCUT2D eigenvalue weighted by Gasteiger charge is -2.13. The molecule has 0 radical (unpaired) electrons. The van der Waals surface area contributed by atoms with Gasteiger partial charge in [0.25, 0.3) is 0 Å². The Morgan fingerprint density at radius 3 is 2.15 bits per heavy atom. The molecular weight excluding hydrogens is 287 g/mol. The van der Waals surface area contributed by atoms with Crippen molar-refractivity contribution in [2.75, 3.05) is 12.8 Å². The predicted octanol–water partition coefficient (Wildman–Crippen LogP) is 3.75. The second-order valence-electron chi connectivity index (χ2n) is 4.70. The predicted molar refractivity (Wildman–Crippen MR) is 83.8 cm³/mol. The Labute approximate surface area is 124 Å². The maximum atomic E-state index is 11.5. The number of carbonyl (C=O) groups is 1. The van der Waals surface area contributed by atoms with E-state index in [2.05, 4.69) is 24.3 Å². The Kier molecular flexibility index (Phi) is 3.90. The summed E-state index contributed by atoms with van der Waals surface area (Å²) in [6.07, 6.45) is 0.283. The first-order valence-corrected chi connectivity index (χ1v) is 8.53.